The van der Waals surface area contributed by atoms with Crippen molar-refractivity contribution in [3.05, 3.63) is 66.0 Å². The third-order valence-electron chi connectivity index (χ3n) is 6.32. The number of likely N-dealkylation sites (tertiary alicyclic amines) is 1. The molecule has 6 nitrogen and oxygen atoms in total. The minimum atomic E-state index is -0.242. The van der Waals surface area contributed by atoms with Crippen molar-refractivity contribution in [3.8, 4) is 0 Å². The lowest BCUT2D eigenvalue weighted by molar-refractivity contribution is -0.158. The molecule has 1 aliphatic carbocycles. The van der Waals surface area contributed by atoms with Gasteiger partial charge < -0.3 is 14.9 Å². The van der Waals surface area contributed by atoms with Gasteiger partial charge in [-0.2, -0.15) is 0 Å². The summed E-state index contributed by atoms with van der Waals surface area (Å²) in [5.74, 6) is 0.0105. The van der Waals surface area contributed by atoms with Crippen LogP contribution in [-0.4, -0.2) is 64.0 Å². The maximum atomic E-state index is 13.1. The first-order valence-electron chi connectivity index (χ1n) is 10.3. The van der Waals surface area contributed by atoms with Gasteiger partial charge in [0.05, 0.1) is 18.7 Å². The topological polar surface area (TPSA) is 73.7 Å². The van der Waals surface area contributed by atoms with E-state index in [1.165, 1.54) is 0 Å². The SMILES string of the molecule is CN(C[C@H]1[C@H](c2ccccc2)[C@@H](CO)N1C(=O)C1CCC1)C(=O)c1ccccn1. The van der Waals surface area contributed by atoms with E-state index < -0.39 is 0 Å². The molecule has 152 valence electrons. The summed E-state index contributed by atoms with van der Waals surface area (Å²) in [6.45, 7) is 0.330. The maximum Gasteiger partial charge on any atom is 0.272 e. The van der Waals surface area contributed by atoms with Crippen molar-refractivity contribution in [2.45, 2.75) is 37.3 Å². The molecule has 0 unspecified atom stereocenters. The largest absolute Gasteiger partial charge is 0.394 e. The summed E-state index contributed by atoms with van der Waals surface area (Å²) in [7, 11) is 1.75. The summed E-state index contributed by atoms with van der Waals surface area (Å²) in [5.41, 5.74) is 1.48. The summed E-state index contributed by atoms with van der Waals surface area (Å²) < 4.78 is 0. The Morgan fingerprint density at radius 3 is 2.41 bits per heavy atom. The molecule has 0 spiro atoms. The van der Waals surface area contributed by atoms with Crippen LogP contribution in [0.3, 0.4) is 0 Å². The Balaban J connectivity index is 1.58. The standard InChI is InChI=1S/C23H27N3O3/c1-25(23(29)18-12-5-6-13-24-18)14-19-21(16-8-3-2-4-9-16)20(15-27)26(19)22(28)17-10-7-11-17/h2-6,8-9,12-13,17,19-21,27H,7,10-11,14-15H2,1H3/t19-,20+,21-/m0/s1. The Kier molecular flexibility index (Phi) is 5.62. The van der Waals surface area contributed by atoms with Gasteiger partial charge in [0.25, 0.3) is 5.91 Å². The first-order valence-corrected chi connectivity index (χ1v) is 10.3. The van der Waals surface area contributed by atoms with E-state index in [0.717, 1.165) is 24.8 Å². The number of benzene rings is 1. The van der Waals surface area contributed by atoms with Crippen molar-refractivity contribution in [3.63, 3.8) is 0 Å². The molecule has 1 saturated carbocycles. The highest BCUT2D eigenvalue weighted by atomic mass is 16.3. The van der Waals surface area contributed by atoms with Gasteiger partial charge in [0.1, 0.15) is 5.69 Å². The van der Waals surface area contributed by atoms with Crippen LogP contribution < -0.4 is 0 Å². The fraction of sp³-hybridized carbons (Fsp3) is 0.435. The van der Waals surface area contributed by atoms with Crippen LogP contribution in [0.25, 0.3) is 0 Å². The van der Waals surface area contributed by atoms with Crippen molar-refractivity contribution >= 4 is 11.8 Å². The fourth-order valence-corrected chi connectivity index (χ4v) is 4.51. The number of likely N-dealkylation sites (N-methyl/N-ethyl adjacent to an activating group) is 1. The van der Waals surface area contributed by atoms with Gasteiger partial charge in [0.15, 0.2) is 0 Å². The molecule has 4 rings (SSSR count). The zero-order valence-electron chi connectivity index (χ0n) is 16.6. The fourth-order valence-electron chi connectivity index (χ4n) is 4.51. The molecule has 6 heteroatoms. The van der Waals surface area contributed by atoms with Crippen LogP contribution in [0.2, 0.25) is 0 Å². The molecule has 2 aliphatic rings. The average molecular weight is 393 g/mol. The monoisotopic (exact) mass is 393 g/mol. The second kappa shape index (κ2) is 8.33. The van der Waals surface area contributed by atoms with Crippen LogP contribution in [0.5, 0.6) is 0 Å². The van der Waals surface area contributed by atoms with Gasteiger partial charge in [-0.1, -0.05) is 42.8 Å². The molecule has 1 aliphatic heterocycles. The quantitative estimate of drug-likeness (QED) is 0.817. The molecule has 2 fully saturated rings. The van der Waals surface area contributed by atoms with E-state index in [1.54, 1.807) is 36.3 Å². The summed E-state index contributed by atoms with van der Waals surface area (Å²) in [5, 5.41) is 10.1. The van der Waals surface area contributed by atoms with Crippen LogP contribution in [0, 0.1) is 5.92 Å². The maximum absolute atomic E-state index is 13.1. The molecule has 29 heavy (non-hydrogen) atoms. The predicted octanol–water partition coefficient (Wildman–Crippen LogP) is 2.31. The van der Waals surface area contributed by atoms with Crippen LogP contribution >= 0.6 is 0 Å². The Labute approximate surface area is 171 Å². The van der Waals surface area contributed by atoms with E-state index in [4.69, 9.17) is 0 Å². The molecular formula is C23H27N3O3. The molecule has 1 N–H and O–H groups in total. The summed E-state index contributed by atoms with van der Waals surface area (Å²) in [6.07, 6.45) is 4.52. The highest BCUT2D eigenvalue weighted by Crippen LogP contribution is 2.43. The zero-order chi connectivity index (χ0) is 20.4. The molecule has 0 bridgehead atoms. The van der Waals surface area contributed by atoms with Gasteiger partial charge in [-0.15, -0.1) is 0 Å². The first-order chi connectivity index (χ1) is 14.1. The average Bonchev–Trinajstić information content (AvgIpc) is 2.70. The van der Waals surface area contributed by atoms with E-state index in [-0.39, 0.29) is 42.3 Å². The Morgan fingerprint density at radius 1 is 1.10 bits per heavy atom. The molecule has 0 radical (unpaired) electrons. The number of pyridine rings is 1. The molecule has 1 aromatic heterocycles. The van der Waals surface area contributed by atoms with Gasteiger partial charge in [0, 0.05) is 31.6 Å². The molecule has 2 aromatic rings. The van der Waals surface area contributed by atoms with Gasteiger partial charge >= 0.3 is 0 Å². The normalized spacial score (nSPS) is 23.8. The number of carbonyl (C=O) groups excluding carboxylic acids is 2. The van der Waals surface area contributed by atoms with Crippen LogP contribution in [0.4, 0.5) is 0 Å². The number of aliphatic hydroxyl groups is 1. The summed E-state index contributed by atoms with van der Waals surface area (Å²) >= 11 is 0. The van der Waals surface area contributed by atoms with E-state index in [9.17, 15) is 14.7 Å². The number of amides is 2. The number of carbonyl (C=O) groups is 2. The molecule has 2 heterocycles. The lowest BCUT2D eigenvalue weighted by Crippen LogP contribution is -2.69. The number of aliphatic hydroxyl groups excluding tert-OH is 1. The van der Waals surface area contributed by atoms with E-state index in [0.29, 0.717) is 12.2 Å². The van der Waals surface area contributed by atoms with E-state index in [1.807, 2.05) is 35.2 Å². The van der Waals surface area contributed by atoms with Crippen molar-refractivity contribution in [1.29, 1.82) is 0 Å². The van der Waals surface area contributed by atoms with Crippen molar-refractivity contribution in [1.82, 2.24) is 14.8 Å². The lowest BCUT2D eigenvalue weighted by atomic mass is 9.72. The molecule has 1 saturated heterocycles. The molecular weight excluding hydrogens is 366 g/mol. The number of aromatic nitrogens is 1. The van der Waals surface area contributed by atoms with Crippen molar-refractivity contribution < 1.29 is 14.7 Å². The predicted molar refractivity (Wildman–Crippen MR) is 109 cm³/mol. The highest BCUT2D eigenvalue weighted by molar-refractivity contribution is 5.92. The van der Waals surface area contributed by atoms with Gasteiger partial charge in [-0.05, 0) is 30.5 Å². The lowest BCUT2D eigenvalue weighted by Gasteiger charge is -2.57. The Bertz CT molecular complexity index is 854. The minimum Gasteiger partial charge on any atom is -0.394 e. The Hall–Kier alpha value is -2.73. The minimum absolute atomic E-state index is 0.00390. The smallest absolute Gasteiger partial charge is 0.272 e. The van der Waals surface area contributed by atoms with Crippen LogP contribution in [-0.2, 0) is 4.79 Å². The van der Waals surface area contributed by atoms with Crippen LogP contribution in [0.1, 0.15) is 41.2 Å². The summed E-state index contributed by atoms with van der Waals surface area (Å²) in [4.78, 5) is 33.5. The number of rotatable bonds is 6. The van der Waals surface area contributed by atoms with Gasteiger partial charge in [-0.25, -0.2) is 0 Å². The number of hydrogen-bond acceptors (Lipinski definition) is 4. The third-order valence-corrected chi connectivity index (χ3v) is 6.32. The number of hydrogen-bond donors (Lipinski definition) is 1. The zero-order valence-corrected chi connectivity index (χ0v) is 16.6. The summed E-state index contributed by atoms with van der Waals surface area (Å²) in [6, 6.07) is 14.8. The first kappa shape index (κ1) is 19.6. The second-order valence-corrected chi connectivity index (χ2v) is 8.03. The van der Waals surface area contributed by atoms with Gasteiger partial charge in [-0.3, -0.25) is 14.6 Å². The van der Waals surface area contributed by atoms with E-state index >= 15 is 0 Å². The van der Waals surface area contributed by atoms with Crippen molar-refractivity contribution in [2.75, 3.05) is 20.2 Å². The van der Waals surface area contributed by atoms with E-state index in [2.05, 4.69) is 4.98 Å². The number of nitrogens with zero attached hydrogens (tertiary/aromatic N) is 3. The molecule has 3 atom stereocenters. The third kappa shape index (κ3) is 3.65. The van der Waals surface area contributed by atoms with Crippen molar-refractivity contribution in [2.24, 2.45) is 5.92 Å². The molecule has 1 aromatic carbocycles. The Morgan fingerprint density at radius 2 is 1.83 bits per heavy atom. The highest BCUT2D eigenvalue weighted by Gasteiger charge is 2.53. The molecule has 2 amide bonds. The van der Waals surface area contributed by atoms with Gasteiger partial charge in [0.2, 0.25) is 5.91 Å². The van der Waals surface area contributed by atoms with Crippen LogP contribution in [0.15, 0.2) is 54.7 Å². The second-order valence-electron chi connectivity index (χ2n) is 8.03.